The fourth-order valence-electron chi connectivity index (χ4n) is 3.11. The maximum absolute atomic E-state index is 11.4. The normalized spacial score (nSPS) is 20.6. The standard InChI is InChI=1S/C16H18BClN2O5/c1-17(23)20-8-11(7-13(20)16(21)22)25-15-12-4-3-10(24-2)5-9(12)6-14(18)19-15/h3-6,11,13,23H,7-8H2,1-2H3,(H,21,22)/t11-,13+/m1/s1. The van der Waals surface area contributed by atoms with E-state index in [-0.39, 0.29) is 11.6 Å². The summed E-state index contributed by atoms with van der Waals surface area (Å²) in [5.41, 5.74) is 0. The first-order valence-corrected chi connectivity index (χ1v) is 8.24. The fourth-order valence-corrected chi connectivity index (χ4v) is 3.30. The molecule has 2 heterocycles. The third-order valence-corrected chi connectivity index (χ3v) is 4.51. The average Bonchev–Trinajstić information content (AvgIpc) is 2.98. The Morgan fingerprint density at radius 2 is 2.20 bits per heavy atom. The van der Waals surface area contributed by atoms with Gasteiger partial charge in [-0.05, 0) is 36.5 Å². The third kappa shape index (κ3) is 3.66. The van der Waals surface area contributed by atoms with Crippen molar-refractivity contribution in [2.75, 3.05) is 13.7 Å². The number of aromatic nitrogens is 1. The fraction of sp³-hybridized carbons (Fsp3) is 0.375. The van der Waals surface area contributed by atoms with E-state index in [0.29, 0.717) is 18.2 Å². The SMILES string of the molecule is COc1ccc2c(O[C@@H]3C[C@@H](C(=O)O)N(B(C)O)C3)nc(Cl)cc2c1. The average molecular weight is 365 g/mol. The molecule has 7 nitrogen and oxygen atoms in total. The number of pyridine rings is 1. The van der Waals surface area contributed by atoms with E-state index < -0.39 is 25.2 Å². The number of nitrogens with zero attached hydrogens (tertiary/aromatic N) is 2. The molecule has 2 N–H and O–H groups in total. The van der Waals surface area contributed by atoms with Gasteiger partial charge in [-0.3, -0.25) is 4.79 Å². The van der Waals surface area contributed by atoms with Crippen LogP contribution in [0.15, 0.2) is 24.3 Å². The Morgan fingerprint density at radius 1 is 1.44 bits per heavy atom. The summed E-state index contributed by atoms with van der Waals surface area (Å²) in [4.78, 5) is 17.1. The number of hydrogen-bond acceptors (Lipinski definition) is 6. The first kappa shape index (κ1) is 17.8. The van der Waals surface area contributed by atoms with Crippen LogP contribution < -0.4 is 9.47 Å². The van der Waals surface area contributed by atoms with Crippen LogP contribution in [0.3, 0.4) is 0 Å². The molecule has 25 heavy (non-hydrogen) atoms. The number of carbonyl (C=O) groups is 1. The van der Waals surface area contributed by atoms with Gasteiger partial charge in [0.2, 0.25) is 5.88 Å². The van der Waals surface area contributed by atoms with Crippen LogP contribution in [0.5, 0.6) is 11.6 Å². The summed E-state index contributed by atoms with van der Waals surface area (Å²) in [5.74, 6) is 0.0418. The lowest BCUT2D eigenvalue weighted by Crippen LogP contribution is -2.45. The molecule has 0 amide bonds. The second-order valence-corrected chi connectivity index (χ2v) is 6.38. The number of carboxylic acids is 1. The van der Waals surface area contributed by atoms with Crippen LogP contribution in [-0.4, -0.2) is 58.7 Å². The number of ether oxygens (including phenoxy) is 2. The Bertz CT molecular complexity index is 803. The summed E-state index contributed by atoms with van der Waals surface area (Å²) in [5, 5.41) is 21.0. The number of halogens is 1. The molecule has 1 saturated heterocycles. The predicted molar refractivity (Wildman–Crippen MR) is 94.3 cm³/mol. The highest BCUT2D eigenvalue weighted by Crippen LogP contribution is 2.32. The molecule has 1 fully saturated rings. The van der Waals surface area contributed by atoms with Crippen molar-refractivity contribution in [3.05, 3.63) is 29.4 Å². The molecule has 132 valence electrons. The predicted octanol–water partition coefficient (Wildman–Crippen LogP) is 1.91. The lowest BCUT2D eigenvalue weighted by atomic mass is 9.84. The van der Waals surface area contributed by atoms with E-state index in [0.717, 1.165) is 10.8 Å². The van der Waals surface area contributed by atoms with E-state index >= 15 is 0 Å². The van der Waals surface area contributed by atoms with Crippen LogP contribution in [0.2, 0.25) is 12.0 Å². The minimum Gasteiger partial charge on any atom is -0.497 e. The third-order valence-electron chi connectivity index (χ3n) is 4.32. The first-order chi connectivity index (χ1) is 11.9. The van der Waals surface area contributed by atoms with E-state index in [1.807, 2.05) is 12.1 Å². The molecule has 0 radical (unpaired) electrons. The minimum absolute atomic E-state index is 0.256. The van der Waals surface area contributed by atoms with Gasteiger partial charge in [0.15, 0.2) is 0 Å². The van der Waals surface area contributed by atoms with Crippen molar-refractivity contribution < 1.29 is 24.4 Å². The second-order valence-electron chi connectivity index (χ2n) is 6.00. The van der Waals surface area contributed by atoms with Crippen molar-refractivity contribution in [3.8, 4) is 11.6 Å². The van der Waals surface area contributed by atoms with E-state index in [2.05, 4.69) is 4.98 Å². The lowest BCUT2D eigenvalue weighted by Gasteiger charge is -2.21. The number of rotatable bonds is 5. The number of hydrogen-bond donors (Lipinski definition) is 2. The van der Waals surface area contributed by atoms with E-state index in [9.17, 15) is 14.9 Å². The highest BCUT2D eigenvalue weighted by Gasteiger charge is 2.41. The van der Waals surface area contributed by atoms with Crippen LogP contribution >= 0.6 is 11.6 Å². The Hall–Kier alpha value is -2.03. The quantitative estimate of drug-likeness (QED) is 0.618. The van der Waals surface area contributed by atoms with Gasteiger partial charge in [-0.15, -0.1) is 0 Å². The number of methoxy groups -OCH3 is 1. The zero-order valence-corrected chi connectivity index (χ0v) is 14.6. The van der Waals surface area contributed by atoms with Crippen molar-refractivity contribution in [2.24, 2.45) is 0 Å². The number of carboxylic acid groups (broad SMARTS) is 1. The Balaban J connectivity index is 1.89. The molecular weight excluding hydrogens is 346 g/mol. The summed E-state index contributed by atoms with van der Waals surface area (Å²) in [7, 11) is 0.708. The van der Waals surface area contributed by atoms with Gasteiger partial charge in [-0.25, -0.2) is 4.98 Å². The maximum Gasteiger partial charge on any atom is 0.377 e. The first-order valence-electron chi connectivity index (χ1n) is 7.86. The van der Waals surface area contributed by atoms with Crippen LogP contribution in [0.4, 0.5) is 0 Å². The van der Waals surface area contributed by atoms with Gasteiger partial charge in [-0.2, -0.15) is 0 Å². The maximum atomic E-state index is 11.4. The minimum atomic E-state index is -0.986. The van der Waals surface area contributed by atoms with Crippen molar-refractivity contribution in [2.45, 2.75) is 25.4 Å². The van der Waals surface area contributed by atoms with Crippen LogP contribution in [0.1, 0.15) is 6.42 Å². The molecule has 1 aliphatic rings. The molecule has 0 aliphatic carbocycles. The zero-order chi connectivity index (χ0) is 18.1. The molecule has 0 bridgehead atoms. The van der Waals surface area contributed by atoms with E-state index in [1.165, 1.54) is 11.6 Å². The topological polar surface area (TPSA) is 92.1 Å². The highest BCUT2D eigenvalue weighted by molar-refractivity contribution is 6.45. The van der Waals surface area contributed by atoms with Crippen molar-refractivity contribution >= 4 is 35.4 Å². The van der Waals surface area contributed by atoms with Crippen LogP contribution in [0, 0.1) is 0 Å². The lowest BCUT2D eigenvalue weighted by molar-refractivity contribution is -0.141. The largest absolute Gasteiger partial charge is 0.497 e. The molecule has 1 aliphatic heterocycles. The van der Waals surface area contributed by atoms with Gasteiger partial charge in [0.25, 0.3) is 0 Å². The highest BCUT2D eigenvalue weighted by atomic mass is 35.5. The summed E-state index contributed by atoms with van der Waals surface area (Å²) >= 11 is 6.09. The van der Waals surface area contributed by atoms with E-state index in [4.69, 9.17) is 21.1 Å². The van der Waals surface area contributed by atoms with Gasteiger partial charge in [0.05, 0.1) is 7.11 Å². The molecule has 3 rings (SSSR count). The molecule has 0 unspecified atom stereocenters. The molecule has 9 heteroatoms. The van der Waals surface area contributed by atoms with Gasteiger partial charge in [0, 0.05) is 18.4 Å². The van der Waals surface area contributed by atoms with Crippen molar-refractivity contribution in [1.82, 2.24) is 9.79 Å². The summed E-state index contributed by atoms with van der Waals surface area (Å²) in [6.07, 6.45) is -0.154. The van der Waals surface area contributed by atoms with E-state index in [1.54, 1.807) is 19.2 Å². The Kier molecular flexibility index (Phi) is 5.03. The Morgan fingerprint density at radius 3 is 2.80 bits per heavy atom. The second kappa shape index (κ2) is 7.07. The smallest absolute Gasteiger partial charge is 0.377 e. The van der Waals surface area contributed by atoms with Crippen LogP contribution in [0.25, 0.3) is 10.8 Å². The summed E-state index contributed by atoms with van der Waals surface area (Å²) in [6.45, 7) is 1.83. The van der Waals surface area contributed by atoms with Gasteiger partial charge < -0.3 is 24.4 Å². The molecule has 0 spiro atoms. The van der Waals surface area contributed by atoms with Crippen molar-refractivity contribution in [3.63, 3.8) is 0 Å². The molecule has 2 atom stereocenters. The van der Waals surface area contributed by atoms with Crippen LogP contribution in [-0.2, 0) is 4.79 Å². The van der Waals surface area contributed by atoms with Gasteiger partial charge in [0.1, 0.15) is 23.0 Å². The molecule has 1 aromatic carbocycles. The molecule has 2 aromatic rings. The van der Waals surface area contributed by atoms with Gasteiger partial charge in [-0.1, -0.05) is 11.6 Å². The number of fused-ring (bicyclic) bond motifs is 1. The molecular formula is C16H18BClN2O5. The molecule has 0 saturated carbocycles. The molecule has 1 aromatic heterocycles. The number of aliphatic carboxylic acids is 1. The monoisotopic (exact) mass is 364 g/mol. The summed E-state index contributed by atoms with van der Waals surface area (Å²) < 4.78 is 11.2. The zero-order valence-electron chi connectivity index (χ0n) is 13.8. The Labute approximate surface area is 150 Å². The number of benzene rings is 1. The van der Waals surface area contributed by atoms with Crippen molar-refractivity contribution in [1.29, 1.82) is 0 Å². The van der Waals surface area contributed by atoms with Gasteiger partial charge >= 0.3 is 13.0 Å². The summed E-state index contributed by atoms with van der Waals surface area (Å²) in [6, 6.07) is 6.36.